The molecule has 0 aromatic rings. The first-order valence-corrected chi connectivity index (χ1v) is 11.9. The van der Waals surface area contributed by atoms with Crippen molar-refractivity contribution in [2.24, 2.45) is 17.8 Å². The first-order chi connectivity index (χ1) is 14.9. The van der Waals surface area contributed by atoms with E-state index in [9.17, 15) is 14.4 Å². The lowest BCUT2D eigenvalue weighted by Crippen LogP contribution is -2.58. The van der Waals surface area contributed by atoms with Crippen molar-refractivity contribution in [3.05, 3.63) is 24.8 Å². The molecule has 7 heteroatoms. The van der Waals surface area contributed by atoms with Gasteiger partial charge in [-0.25, -0.2) is 0 Å². The van der Waals surface area contributed by atoms with Crippen LogP contribution < -0.4 is 10.6 Å². The molecule has 1 spiro atoms. The highest BCUT2D eigenvalue weighted by atomic mass is 16.5. The lowest BCUT2D eigenvalue weighted by atomic mass is 9.70. The van der Waals surface area contributed by atoms with Crippen molar-refractivity contribution < 1.29 is 19.1 Å². The molecule has 0 aromatic carbocycles. The number of rotatable bonds is 5. The fraction of sp³-hybridized carbons (Fsp3) is 0.720. The standard InChI is InChI=1S/C25H37N3O4/c1-7-14-28-19(21(30)27-23(3,4)5)25-13-12-24(6,32-25)17(18(25)22(28)31)20(29)26-16-11-9-8-10-15(16)2/h7,12-13,15-19H,1,8-11,14H2,2-6H3,(H,26,29)(H,27,30)/t15-,16+,17+,18-,19+,24+,25-/m0/s1. The van der Waals surface area contributed by atoms with Gasteiger partial charge in [-0.2, -0.15) is 0 Å². The Balaban J connectivity index is 1.68. The number of carbonyl (C=O) groups excluding carboxylic acids is 3. The monoisotopic (exact) mass is 443 g/mol. The highest BCUT2D eigenvalue weighted by Gasteiger charge is 2.76. The molecule has 2 N–H and O–H groups in total. The molecule has 3 fully saturated rings. The number of nitrogens with zero attached hydrogens (tertiary/aromatic N) is 1. The lowest BCUT2D eigenvalue weighted by molar-refractivity contribution is -0.145. The summed E-state index contributed by atoms with van der Waals surface area (Å²) < 4.78 is 6.49. The first kappa shape index (κ1) is 23.0. The van der Waals surface area contributed by atoms with Gasteiger partial charge < -0.3 is 20.3 Å². The molecule has 3 heterocycles. The summed E-state index contributed by atoms with van der Waals surface area (Å²) in [5.41, 5.74) is -2.53. The number of likely N-dealkylation sites (tertiary alicyclic amines) is 1. The molecule has 176 valence electrons. The number of hydrogen-bond donors (Lipinski definition) is 2. The van der Waals surface area contributed by atoms with E-state index in [1.807, 2.05) is 39.8 Å². The smallest absolute Gasteiger partial charge is 0.246 e. The van der Waals surface area contributed by atoms with Crippen molar-refractivity contribution in [1.29, 1.82) is 0 Å². The van der Waals surface area contributed by atoms with Gasteiger partial charge in [-0.15, -0.1) is 6.58 Å². The summed E-state index contributed by atoms with van der Waals surface area (Å²) in [7, 11) is 0. The van der Waals surface area contributed by atoms with E-state index in [0.717, 1.165) is 19.3 Å². The van der Waals surface area contributed by atoms with Crippen molar-refractivity contribution in [3.63, 3.8) is 0 Å². The fourth-order valence-corrected chi connectivity index (χ4v) is 6.21. The molecule has 0 unspecified atom stereocenters. The molecule has 0 aromatic heterocycles. The van der Waals surface area contributed by atoms with Crippen LogP contribution in [0, 0.1) is 17.8 Å². The molecule has 7 nitrogen and oxygen atoms in total. The Morgan fingerprint density at radius 3 is 2.56 bits per heavy atom. The minimum atomic E-state index is -1.15. The van der Waals surface area contributed by atoms with Crippen LogP contribution in [0.4, 0.5) is 0 Å². The van der Waals surface area contributed by atoms with Gasteiger partial charge in [0.25, 0.3) is 0 Å². The van der Waals surface area contributed by atoms with E-state index in [1.165, 1.54) is 11.3 Å². The van der Waals surface area contributed by atoms with Crippen LogP contribution in [0.1, 0.15) is 60.3 Å². The third-order valence-corrected chi connectivity index (χ3v) is 7.59. The summed E-state index contributed by atoms with van der Waals surface area (Å²) in [6, 6.07) is -0.735. The van der Waals surface area contributed by atoms with Crippen LogP contribution in [0.5, 0.6) is 0 Å². The molecule has 2 saturated heterocycles. The number of hydrogen-bond acceptors (Lipinski definition) is 4. The maximum atomic E-state index is 13.7. The van der Waals surface area contributed by atoms with Crippen molar-refractivity contribution in [1.82, 2.24) is 15.5 Å². The van der Waals surface area contributed by atoms with Crippen molar-refractivity contribution in [2.45, 2.75) is 89.1 Å². The Kier molecular flexibility index (Phi) is 5.55. The number of amides is 3. The molecule has 1 aliphatic carbocycles. The zero-order chi connectivity index (χ0) is 23.5. The van der Waals surface area contributed by atoms with Gasteiger partial charge in [-0.1, -0.05) is 38.0 Å². The Labute approximate surface area is 191 Å². The Bertz CT molecular complexity index is 862. The van der Waals surface area contributed by atoms with Gasteiger partial charge in [0, 0.05) is 18.1 Å². The van der Waals surface area contributed by atoms with Crippen LogP contribution in [-0.4, -0.2) is 58.0 Å². The largest absolute Gasteiger partial charge is 0.356 e. The summed E-state index contributed by atoms with van der Waals surface area (Å²) in [6.07, 6.45) is 9.67. The van der Waals surface area contributed by atoms with Crippen LogP contribution >= 0.6 is 0 Å². The zero-order valence-electron chi connectivity index (χ0n) is 19.9. The normalized spacial score (nSPS) is 40.3. The molecule has 4 rings (SSSR count). The van der Waals surface area contributed by atoms with Crippen LogP contribution in [0.2, 0.25) is 0 Å². The van der Waals surface area contributed by atoms with Gasteiger partial charge in [-0.3, -0.25) is 14.4 Å². The summed E-state index contributed by atoms with van der Waals surface area (Å²) in [5.74, 6) is -1.63. The van der Waals surface area contributed by atoms with E-state index >= 15 is 0 Å². The summed E-state index contributed by atoms with van der Waals surface area (Å²) >= 11 is 0. The molecule has 4 aliphatic rings. The van der Waals surface area contributed by atoms with Gasteiger partial charge in [-0.05, 0) is 46.5 Å². The molecule has 32 heavy (non-hydrogen) atoms. The summed E-state index contributed by atoms with van der Waals surface area (Å²) in [4.78, 5) is 42.2. The van der Waals surface area contributed by atoms with E-state index < -0.39 is 34.6 Å². The number of ether oxygens (including phenoxy) is 1. The van der Waals surface area contributed by atoms with Crippen LogP contribution in [0.25, 0.3) is 0 Å². The maximum Gasteiger partial charge on any atom is 0.246 e. The van der Waals surface area contributed by atoms with Crippen molar-refractivity contribution >= 4 is 17.7 Å². The lowest BCUT2D eigenvalue weighted by Gasteiger charge is -2.34. The van der Waals surface area contributed by atoms with E-state index in [1.54, 1.807) is 6.08 Å². The average molecular weight is 444 g/mol. The van der Waals surface area contributed by atoms with Crippen molar-refractivity contribution in [3.8, 4) is 0 Å². The second-order valence-electron chi connectivity index (χ2n) is 11.2. The fourth-order valence-electron chi connectivity index (χ4n) is 6.21. The van der Waals surface area contributed by atoms with E-state index in [0.29, 0.717) is 5.92 Å². The number of fused-ring (bicyclic) bond motifs is 1. The topological polar surface area (TPSA) is 87.7 Å². The Morgan fingerprint density at radius 1 is 1.25 bits per heavy atom. The quantitative estimate of drug-likeness (QED) is 0.639. The van der Waals surface area contributed by atoms with Gasteiger partial charge in [0.1, 0.15) is 11.6 Å². The second kappa shape index (κ2) is 7.72. The summed E-state index contributed by atoms with van der Waals surface area (Å²) in [6.45, 7) is 13.7. The molecule has 2 bridgehead atoms. The third kappa shape index (κ3) is 3.49. The molecule has 7 atom stereocenters. The predicted molar refractivity (Wildman–Crippen MR) is 121 cm³/mol. The molecule has 0 radical (unpaired) electrons. The maximum absolute atomic E-state index is 13.7. The minimum absolute atomic E-state index is 0.111. The van der Waals surface area contributed by atoms with E-state index in [-0.39, 0.29) is 30.3 Å². The first-order valence-electron chi connectivity index (χ1n) is 11.9. The molecule has 3 amide bonds. The second-order valence-corrected chi connectivity index (χ2v) is 11.2. The zero-order valence-corrected chi connectivity index (χ0v) is 19.9. The number of carbonyl (C=O) groups is 3. The van der Waals surface area contributed by atoms with Gasteiger partial charge in [0.05, 0.1) is 17.4 Å². The third-order valence-electron chi connectivity index (χ3n) is 7.59. The van der Waals surface area contributed by atoms with Gasteiger partial charge >= 0.3 is 0 Å². The van der Waals surface area contributed by atoms with Crippen LogP contribution in [-0.2, 0) is 19.1 Å². The van der Waals surface area contributed by atoms with Gasteiger partial charge in [0.15, 0.2) is 0 Å². The minimum Gasteiger partial charge on any atom is -0.356 e. The van der Waals surface area contributed by atoms with E-state index in [2.05, 4.69) is 24.1 Å². The summed E-state index contributed by atoms with van der Waals surface area (Å²) in [5, 5.41) is 6.24. The SMILES string of the molecule is C=CCN1C(=O)[C@@H]2[C@H](C(=O)N[C@@H]3CCCC[C@@H]3C)[C@@]3(C)C=C[C@@]2(O3)[C@H]1C(=O)NC(C)(C)C. The molecule has 1 saturated carbocycles. The van der Waals surface area contributed by atoms with Crippen molar-refractivity contribution in [2.75, 3.05) is 6.54 Å². The average Bonchev–Trinajstić information content (AvgIpc) is 3.24. The molecular formula is C25H37N3O4. The van der Waals surface area contributed by atoms with E-state index in [4.69, 9.17) is 4.74 Å². The van der Waals surface area contributed by atoms with Crippen LogP contribution in [0.3, 0.4) is 0 Å². The molecular weight excluding hydrogens is 406 g/mol. The Hall–Kier alpha value is -2.15. The van der Waals surface area contributed by atoms with Crippen LogP contribution in [0.15, 0.2) is 24.8 Å². The Morgan fingerprint density at radius 2 is 1.94 bits per heavy atom. The van der Waals surface area contributed by atoms with Gasteiger partial charge in [0.2, 0.25) is 17.7 Å². The molecule has 3 aliphatic heterocycles. The predicted octanol–water partition coefficient (Wildman–Crippen LogP) is 2.32. The highest BCUT2D eigenvalue weighted by Crippen LogP contribution is 2.59. The number of nitrogens with one attached hydrogen (secondary N) is 2. The highest BCUT2D eigenvalue weighted by molar-refractivity contribution is 6.00.